The summed E-state index contributed by atoms with van der Waals surface area (Å²) in [5.74, 6) is -0.272. The number of para-hydroxylation sites is 1. The van der Waals surface area contributed by atoms with E-state index in [1.165, 1.54) is 30.3 Å². The number of nitrogens with one attached hydrogen (secondary N) is 1. The third-order valence-corrected chi connectivity index (χ3v) is 7.25. The molecule has 0 saturated carbocycles. The molecule has 0 aromatic heterocycles. The molecule has 0 atom stereocenters. The first-order valence-corrected chi connectivity index (χ1v) is 12.2. The van der Waals surface area contributed by atoms with Gasteiger partial charge in [0.1, 0.15) is 6.54 Å². The van der Waals surface area contributed by atoms with Crippen molar-refractivity contribution < 1.29 is 13.2 Å². The van der Waals surface area contributed by atoms with Gasteiger partial charge in [-0.1, -0.05) is 61.3 Å². The molecule has 8 heteroatoms. The number of rotatable bonds is 7. The SMILES string of the molecule is Cc1cccc(C(C)C)c1NC(=O)CN(c1cccc(Cl)c1)S(=O)(=O)c1ccc(Cl)cc1. The standard InChI is InChI=1S/C24H24Cl2N2O3S/c1-16(2)22-9-4-6-17(3)24(22)27-23(29)15-28(20-8-5-7-19(26)14-20)32(30,31)21-12-10-18(25)11-13-21/h4-14,16H,15H2,1-3H3,(H,27,29). The number of aryl methyl sites for hydroxylation is 1. The Labute approximate surface area is 199 Å². The molecule has 5 nitrogen and oxygen atoms in total. The van der Waals surface area contributed by atoms with Gasteiger partial charge in [-0.3, -0.25) is 9.10 Å². The molecule has 168 valence electrons. The molecule has 3 aromatic carbocycles. The summed E-state index contributed by atoms with van der Waals surface area (Å²) in [6.45, 7) is 5.55. The van der Waals surface area contributed by atoms with Crippen LogP contribution in [0.15, 0.2) is 71.6 Å². The summed E-state index contributed by atoms with van der Waals surface area (Å²) in [5, 5.41) is 3.68. The summed E-state index contributed by atoms with van der Waals surface area (Å²) in [4.78, 5) is 13.1. The maximum Gasteiger partial charge on any atom is 0.264 e. The predicted molar refractivity (Wildman–Crippen MR) is 131 cm³/mol. The number of carbonyl (C=O) groups is 1. The smallest absolute Gasteiger partial charge is 0.264 e. The van der Waals surface area contributed by atoms with Crippen LogP contribution in [-0.4, -0.2) is 20.9 Å². The van der Waals surface area contributed by atoms with Crippen molar-refractivity contribution in [1.29, 1.82) is 0 Å². The number of anilines is 2. The number of carbonyl (C=O) groups excluding carboxylic acids is 1. The lowest BCUT2D eigenvalue weighted by Crippen LogP contribution is -2.38. The maximum absolute atomic E-state index is 13.4. The van der Waals surface area contributed by atoms with Gasteiger partial charge in [-0.05, 0) is 66.4 Å². The maximum atomic E-state index is 13.4. The molecule has 0 aliphatic rings. The van der Waals surface area contributed by atoms with Crippen molar-refractivity contribution in [3.63, 3.8) is 0 Å². The van der Waals surface area contributed by atoms with E-state index in [1.54, 1.807) is 18.2 Å². The van der Waals surface area contributed by atoms with Gasteiger partial charge in [-0.25, -0.2) is 8.42 Å². The van der Waals surface area contributed by atoms with Crippen LogP contribution >= 0.6 is 23.2 Å². The Morgan fingerprint density at radius 2 is 1.62 bits per heavy atom. The Hall–Kier alpha value is -2.54. The van der Waals surface area contributed by atoms with E-state index < -0.39 is 22.5 Å². The van der Waals surface area contributed by atoms with E-state index in [2.05, 4.69) is 5.32 Å². The first-order chi connectivity index (χ1) is 15.1. The number of hydrogen-bond acceptors (Lipinski definition) is 3. The van der Waals surface area contributed by atoms with Gasteiger partial charge in [0.2, 0.25) is 5.91 Å². The average molecular weight is 491 g/mol. The molecule has 3 aromatic rings. The largest absolute Gasteiger partial charge is 0.324 e. The zero-order valence-corrected chi connectivity index (χ0v) is 20.3. The Morgan fingerprint density at radius 3 is 2.25 bits per heavy atom. The summed E-state index contributed by atoms with van der Waals surface area (Å²) in [7, 11) is -4.06. The molecule has 1 amide bonds. The first kappa shape index (κ1) is 24.1. The molecular weight excluding hydrogens is 467 g/mol. The monoisotopic (exact) mass is 490 g/mol. The summed E-state index contributed by atoms with van der Waals surface area (Å²) >= 11 is 12.0. The Balaban J connectivity index is 1.99. The van der Waals surface area contributed by atoms with Crippen molar-refractivity contribution in [3.8, 4) is 0 Å². The van der Waals surface area contributed by atoms with Crippen LogP contribution in [0.3, 0.4) is 0 Å². The summed E-state index contributed by atoms with van der Waals surface area (Å²) in [6, 6.07) is 18.0. The van der Waals surface area contributed by atoms with Gasteiger partial charge in [0.15, 0.2) is 0 Å². The van der Waals surface area contributed by atoms with Gasteiger partial charge in [-0.15, -0.1) is 0 Å². The summed E-state index contributed by atoms with van der Waals surface area (Å²) < 4.78 is 27.9. The van der Waals surface area contributed by atoms with E-state index in [1.807, 2.05) is 39.0 Å². The fraction of sp³-hybridized carbons (Fsp3) is 0.208. The third kappa shape index (κ3) is 5.44. The van der Waals surface area contributed by atoms with E-state index in [0.717, 1.165) is 15.4 Å². The Morgan fingerprint density at radius 1 is 0.969 bits per heavy atom. The van der Waals surface area contributed by atoms with E-state index in [4.69, 9.17) is 23.2 Å². The number of sulfonamides is 1. The van der Waals surface area contributed by atoms with Crippen molar-refractivity contribution in [1.82, 2.24) is 0 Å². The number of benzene rings is 3. The fourth-order valence-electron chi connectivity index (χ4n) is 3.33. The van der Waals surface area contributed by atoms with Gasteiger partial charge in [0.05, 0.1) is 10.6 Å². The lowest BCUT2D eigenvalue weighted by atomic mass is 9.98. The number of halogens is 2. The highest BCUT2D eigenvalue weighted by Crippen LogP contribution is 2.29. The normalized spacial score (nSPS) is 11.4. The predicted octanol–water partition coefficient (Wildman–Crippen LogP) is 6.26. The number of amides is 1. The van der Waals surface area contributed by atoms with Gasteiger partial charge < -0.3 is 5.32 Å². The minimum absolute atomic E-state index is 0.0217. The fourth-order valence-corrected chi connectivity index (χ4v) is 5.06. The topological polar surface area (TPSA) is 66.5 Å². The van der Waals surface area contributed by atoms with Crippen LogP contribution < -0.4 is 9.62 Å². The molecule has 0 radical (unpaired) electrons. The van der Waals surface area contributed by atoms with Gasteiger partial charge in [-0.2, -0.15) is 0 Å². The molecular formula is C24H24Cl2N2O3S. The first-order valence-electron chi connectivity index (χ1n) is 10.0. The van der Waals surface area contributed by atoms with E-state index in [9.17, 15) is 13.2 Å². The lowest BCUT2D eigenvalue weighted by Gasteiger charge is -2.25. The van der Waals surface area contributed by atoms with Crippen molar-refractivity contribution in [2.45, 2.75) is 31.6 Å². The van der Waals surface area contributed by atoms with Crippen LogP contribution in [0.4, 0.5) is 11.4 Å². The van der Waals surface area contributed by atoms with Crippen molar-refractivity contribution in [2.75, 3.05) is 16.2 Å². The average Bonchev–Trinajstić information content (AvgIpc) is 2.73. The molecule has 32 heavy (non-hydrogen) atoms. The molecule has 0 bridgehead atoms. The molecule has 0 aliphatic heterocycles. The van der Waals surface area contributed by atoms with Crippen molar-refractivity contribution >= 4 is 50.5 Å². The van der Waals surface area contributed by atoms with Gasteiger partial charge >= 0.3 is 0 Å². The number of hydrogen-bond donors (Lipinski definition) is 1. The minimum Gasteiger partial charge on any atom is -0.324 e. The van der Waals surface area contributed by atoms with Gasteiger partial charge in [0, 0.05) is 15.7 Å². The van der Waals surface area contributed by atoms with Crippen LogP contribution in [-0.2, 0) is 14.8 Å². The second-order valence-electron chi connectivity index (χ2n) is 7.69. The Kier molecular flexibility index (Phi) is 7.49. The Bertz CT molecular complexity index is 1230. The molecule has 0 heterocycles. The quantitative estimate of drug-likeness (QED) is 0.424. The molecule has 0 unspecified atom stereocenters. The lowest BCUT2D eigenvalue weighted by molar-refractivity contribution is -0.114. The highest BCUT2D eigenvalue weighted by atomic mass is 35.5. The second kappa shape index (κ2) is 9.94. The molecule has 0 spiro atoms. The molecule has 0 fully saturated rings. The van der Waals surface area contributed by atoms with Crippen LogP contribution in [0.2, 0.25) is 10.0 Å². The summed E-state index contributed by atoms with van der Waals surface area (Å²) in [6.07, 6.45) is 0. The highest BCUT2D eigenvalue weighted by molar-refractivity contribution is 7.92. The number of nitrogens with zero attached hydrogens (tertiary/aromatic N) is 1. The minimum atomic E-state index is -4.06. The zero-order valence-electron chi connectivity index (χ0n) is 18.0. The molecule has 3 rings (SSSR count). The second-order valence-corrected chi connectivity index (χ2v) is 10.4. The van der Waals surface area contributed by atoms with Crippen LogP contribution in [0.5, 0.6) is 0 Å². The van der Waals surface area contributed by atoms with Crippen LogP contribution in [0.25, 0.3) is 0 Å². The van der Waals surface area contributed by atoms with E-state index in [0.29, 0.717) is 15.7 Å². The molecule has 0 aliphatic carbocycles. The summed E-state index contributed by atoms with van der Waals surface area (Å²) in [5.41, 5.74) is 2.87. The van der Waals surface area contributed by atoms with Gasteiger partial charge in [0.25, 0.3) is 10.0 Å². The molecule has 0 saturated heterocycles. The van der Waals surface area contributed by atoms with Crippen molar-refractivity contribution in [2.24, 2.45) is 0 Å². The highest BCUT2D eigenvalue weighted by Gasteiger charge is 2.28. The van der Waals surface area contributed by atoms with Crippen molar-refractivity contribution in [3.05, 3.63) is 87.9 Å². The van der Waals surface area contributed by atoms with Crippen LogP contribution in [0.1, 0.15) is 30.9 Å². The molecule has 1 N–H and O–H groups in total. The van der Waals surface area contributed by atoms with E-state index in [-0.39, 0.29) is 16.5 Å². The van der Waals surface area contributed by atoms with Crippen LogP contribution in [0, 0.1) is 6.92 Å². The van der Waals surface area contributed by atoms with E-state index >= 15 is 0 Å². The third-order valence-electron chi connectivity index (χ3n) is 4.98. The zero-order chi connectivity index (χ0) is 23.5.